The summed E-state index contributed by atoms with van der Waals surface area (Å²) < 4.78 is 19.9. The van der Waals surface area contributed by atoms with E-state index in [9.17, 15) is 14.0 Å². The SMILES string of the molecule is CC(=O)NCC1CN(c2ccc(N3CC4CC(C4)C3)c(F)c2)C(=O)O1. The van der Waals surface area contributed by atoms with E-state index in [1.165, 1.54) is 30.7 Å². The van der Waals surface area contributed by atoms with Gasteiger partial charge in [0.05, 0.1) is 24.5 Å². The van der Waals surface area contributed by atoms with Crippen LogP contribution in [0.15, 0.2) is 18.2 Å². The van der Waals surface area contributed by atoms with Gasteiger partial charge < -0.3 is 15.0 Å². The molecule has 3 saturated heterocycles. The molecule has 6 nitrogen and oxygen atoms in total. The van der Waals surface area contributed by atoms with E-state index in [0.29, 0.717) is 29.8 Å². The second-order valence-electron chi connectivity index (χ2n) is 7.30. The molecule has 5 rings (SSSR count). The molecule has 25 heavy (non-hydrogen) atoms. The Bertz CT molecular complexity index is 695. The quantitative estimate of drug-likeness (QED) is 0.906. The number of carbonyl (C=O) groups is 2. The number of carbonyl (C=O) groups excluding carboxylic acids is 2. The Balaban J connectivity index is 1.45. The number of hydrogen-bond donors (Lipinski definition) is 1. The van der Waals surface area contributed by atoms with Gasteiger partial charge in [0.15, 0.2) is 0 Å². The second kappa shape index (κ2) is 6.20. The molecule has 0 radical (unpaired) electrons. The molecule has 1 aromatic carbocycles. The van der Waals surface area contributed by atoms with E-state index >= 15 is 0 Å². The first-order valence-electron chi connectivity index (χ1n) is 8.76. The first kappa shape index (κ1) is 16.2. The van der Waals surface area contributed by atoms with E-state index in [4.69, 9.17) is 4.74 Å². The summed E-state index contributed by atoms with van der Waals surface area (Å²) in [6.07, 6.45) is 1.60. The zero-order chi connectivity index (χ0) is 17.6. The third kappa shape index (κ3) is 3.15. The highest BCUT2D eigenvalue weighted by Crippen LogP contribution is 2.42. The van der Waals surface area contributed by atoms with Gasteiger partial charge in [-0.3, -0.25) is 9.69 Å². The molecule has 0 spiro atoms. The normalized spacial score (nSPS) is 27.8. The van der Waals surface area contributed by atoms with Crippen LogP contribution in [-0.4, -0.2) is 44.3 Å². The number of hydrogen-bond acceptors (Lipinski definition) is 4. The smallest absolute Gasteiger partial charge is 0.414 e. The van der Waals surface area contributed by atoms with Gasteiger partial charge in [-0.2, -0.15) is 0 Å². The van der Waals surface area contributed by atoms with E-state index in [0.717, 1.165) is 13.1 Å². The summed E-state index contributed by atoms with van der Waals surface area (Å²) in [5.41, 5.74) is 1.10. The van der Waals surface area contributed by atoms with Crippen LogP contribution in [-0.2, 0) is 9.53 Å². The Labute approximate surface area is 145 Å². The van der Waals surface area contributed by atoms with Crippen molar-refractivity contribution < 1.29 is 18.7 Å². The van der Waals surface area contributed by atoms with Crippen LogP contribution in [0.1, 0.15) is 19.8 Å². The van der Waals surface area contributed by atoms with Crippen LogP contribution in [0.3, 0.4) is 0 Å². The average Bonchev–Trinajstić information content (AvgIpc) is 2.93. The van der Waals surface area contributed by atoms with Gasteiger partial charge >= 0.3 is 6.09 Å². The molecule has 2 amide bonds. The van der Waals surface area contributed by atoms with Gasteiger partial charge in [0.2, 0.25) is 5.91 Å². The van der Waals surface area contributed by atoms with Crippen LogP contribution in [0, 0.1) is 17.7 Å². The third-order valence-corrected chi connectivity index (χ3v) is 5.33. The van der Waals surface area contributed by atoms with Gasteiger partial charge in [-0.1, -0.05) is 0 Å². The molecule has 1 unspecified atom stereocenters. The van der Waals surface area contributed by atoms with Crippen molar-refractivity contribution in [1.29, 1.82) is 0 Å². The third-order valence-electron chi connectivity index (χ3n) is 5.33. The molecule has 2 bridgehead atoms. The number of rotatable bonds is 4. The summed E-state index contributed by atoms with van der Waals surface area (Å²) in [6.45, 7) is 3.79. The number of benzene rings is 1. The summed E-state index contributed by atoms with van der Waals surface area (Å²) >= 11 is 0. The Kier molecular flexibility index (Phi) is 4.01. The fourth-order valence-electron chi connectivity index (χ4n) is 4.08. The number of piperidine rings is 2. The van der Waals surface area contributed by atoms with Crippen molar-refractivity contribution in [2.75, 3.05) is 36.0 Å². The number of halogens is 1. The molecule has 1 atom stereocenters. The number of cyclic esters (lactones) is 1. The van der Waals surface area contributed by atoms with Crippen LogP contribution >= 0.6 is 0 Å². The van der Waals surface area contributed by atoms with E-state index in [-0.39, 0.29) is 18.3 Å². The lowest BCUT2D eigenvalue weighted by molar-refractivity contribution is -0.119. The summed E-state index contributed by atoms with van der Waals surface area (Å²) in [6, 6.07) is 4.92. The van der Waals surface area contributed by atoms with Crippen LogP contribution < -0.4 is 15.1 Å². The van der Waals surface area contributed by atoms with Crippen molar-refractivity contribution >= 4 is 23.4 Å². The number of anilines is 2. The van der Waals surface area contributed by atoms with Crippen LogP contribution in [0.4, 0.5) is 20.6 Å². The monoisotopic (exact) mass is 347 g/mol. The molecular weight excluding hydrogens is 325 g/mol. The summed E-state index contributed by atoms with van der Waals surface area (Å²) in [7, 11) is 0. The number of fused-ring (bicyclic) bond motifs is 2. The van der Waals surface area contributed by atoms with Crippen LogP contribution in [0.5, 0.6) is 0 Å². The van der Waals surface area contributed by atoms with Crippen molar-refractivity contribution in [2.45, 2.75) is 25.9 Å². The maximum Gasteiger partial charge on any atom is 0.414 e. The molecule has 0 aromatic heterocycles. The number of amides is 2. The average molecular weight is 347 g/mol. The standard InChI is InChI=1S/C18H22FN3O3/c1-11(23)20-7-15-10-22(18(24)25-15)14-2-3-17(16(19)6-14)21-8-12-4-13(5-12)9-21/h2-3,6,12-13,15H,4-5,7-10H2,1H3,(H,20,23). The van der Waals surface area contributed by atoms with Gasteiger partial charge in [0.1, 0.15) is 11.9 Å². The first-order chi connectivity index (χ1) is 12.0. The molecule has 1 aromatic rings. The molecule has 4 aliphatic rings. The Morgan fingerprint density at radius 2 is 2.00 bits per heavy atom. The van der Waals surface area contributed by atoms with Crippen molar-refractivity contribution in [3.05, 3.63) is 24.0 Å². The molecule has 1 saturated carbocycles. The molecular formula is C18H22FN3O3. The molecule has 1 N–H and O–H groups in total. The first-order valence-corrected chi connectivity index (χ1v) is 8.76. The molecule has 7 heteroatoms. The van der Waals surface area contributed by atoms with E-state index in [1.54, 1.807) is 12.1 Å². The van der Waals surface area contributed by atoms with Gasteiger partial charge in [0, 0.05) is 20.0 Å². The fraction of sp³-hybridized carbons (Fsp3) is 0.556. The minimum Gasteiger partial charge on any atom is -0.442 e. The van der Waals surface area contributed by atoms with Crippen molar-refractivity contribution in [1.82, 2.24) is 5.32 Å². The number of nitrogens with zero attached hydrogens (tertiary/aromatic N) is 2. The highest BCUT2D eigenvalue weighted by molar-refractivity contribution is 5.90. The lowest BCUT2D eigenvalue weighted by atomic mass is 9.71. The lowest BCUT2D eigenvalue weighted by Crippen LogP contribution is -2.48. The maximum atomic E-state index is 14.6. The van der Waals surface area contributed by atoms with E-state index < -0.39 is 12.2 Å². The highest BCUT2D eigenvalue weighted by atomic mass is 19.1. The molecule has 3 heterocycles. The number of nitrogens with one attached hydrogen (secondary N) is 1. The van der Waals surface area contributed by atoms with Crippen molar-refractivity contribution in [3.63, 3.8) is 0 Å². The molecule has 1 aliphatic carbocycles. The zero-order valence-electron chi connectivity index (χ0n) is 14.2. The van der Waals surface area contributed by atoms with E-state index in [2.05, 4.69) is 10.2 Å². The predicted molar refractivity (Wildman–Crippen MR) is 91.1 cm³/mol. The second-order valence-corrected chi connectivity index (χ2v) is 7.30. The topological polar surface area (TPSA) is 61.9 Å². The lowest BCUT2D eigenvalue weighted by Gasteiger charge is -2.48. The maximum absolute atomic E-state index is 14.6. The highest BCUT2D eigenvalue weighted by Gasteiger charge is 2.38. The largest absolute Gasteiger partial charge is 0.442 e. The van der Waals surface area contributed by atoms with Crippen LogP contribution in [0.2, 0.25) is 0 Å². The summed E-state index contributed by atoms with van der Waals surface area (Å²) in [5.74, 6) is 0.906. The van der Waals surface area contributed by atoms with Gasteiger partial charge in [-0.15, -0.1) is 0 Å². The molecule has 134 valence electrons. The summed E-state index contributed by atoms with van der Waals surface area (Å²) in [4.78, 5) is 26.5. The Morgan fingerprint density at radius 1 is 1.28 bits per heavy atom. The van der Waals surface area contributed by atoms with Gasteiger partial charge in [0.25, 0.3) is 0 Å². The van der Waals surface area contributed by atoms with Gasteiger partial charge in [-0.25, -0.2) is 9.18 Å². The minimum atomic E-state index is -0.512. The Hall–Kier alpha value is -2.31. The Morgan fingerprint density at radius 3 is 2.64 bits per heavy atom. The molecule has 4 fully saturated rings. The van der Waals surface area contributed by atoms with Crippen molar-refractivity contribution in [3.8, 4) is 0 Å². The fourth-order valence-corrected chi connectivity index (χ4v) is 4.08. The van der Waals surface area contributed by atoms with Crippen LogP contribution in [0.25, 0.3) is 0 Å². The molecule has 3 aliphatic heterocycles. The van der Waals surface area contributed by atoms with Crippen molar-refractivity contribution in [2.24, 2.45) is 11.8 Å². The van der Waals surface area contributed by atoms with E-state index in [1.807, 2.05) is 0 Å². The minimum absolute atomic E-state index is 0.176. The number of ether oxygens (including phenoxy) is 1. The predicted octanol–water partition coefficient (Wildman–Crippen LogP) is 2.13. The zero-order valence-corrected chi connectivity index (χ0v) is 14.2. The van der Waals surface area contributed by atoms with Gasteiger partial charge in [-0.05, 0) is 42.9 Å². The summed E-state index contributed by atoms with van der Waals surface area (Å²) in [5, 5.41) is 2.63.